The Morgan fingerprint density at radius 2 is 1.75 bits per heavy atom. The number of benzene rings is 1. The van der Waals surface area contributed by atoms with Crippen molar-refractivity contribution in [1.29, 1.82) is 0 Å². The maximum atomic E-state index is 9.65. The molecule has 1 saturated carbocycles. The first-order valence-corrected chi connectivity index (χ1v) is 5.65. The third kappa shape index (κ3) is 2.26. The fraction of sp³-hybridized carbons (Fsp3) is 0.500. The summed E-state index contributed by atoms with van der Waals surface area (Å²) in [5.41, 5.74) is 0.161. The van der Waals surface area contributed by atoms with E-state index < -0.39 is 0 Å². The normalized spacial score (nSPS) is 17.2. The maximum Gasteiger partial charge on any atom is 0.199 e. The minimum atomic E-state index is -0.298. The molecule has 2 N–H and O–H groups in total. The third-order valence-electron chi connectivity index (χ3n) is 2.99. The van der Waals surface area contributed by atoms with Crippen molar-refractivity contribution in [2.24, 2.45) is 0 Å². The molecule has 1 aromatic rings. The molecule has 0 atom stereocenters. The van der Waals surface area contributed by atoms with Gasteiger partial charge in [-0.3, -0.25) is 0 Å². The lowest BCUT2D eigenvalue weighted by Gasteiger charge is -2.23. The zero-order valence-electron chi connectivity index (χ0n) is 9.15. The summed E-state index contributed by atoms with van der Waals surface area (Å²) in [7, 11) is 5.46. The fourth-order valence-corrected chi connectivity index (χ4v) is 2.03. The van der Waals surface area contributed by atoms with Crippen LogP contribution in [0, 0.1) is 0 Å². The van der Waals surface area contributed by atoms with Crippen LogP contribution in [0.4, 0.5) is 0 Å². The summed E-state index contributed by atoms with van der Waals surface area (Å²) >= 11 is 0. The molecule has 0 aromatic heterocycles. The quantitative estimate of drug-likeness (QED) is 0.585. The summed E-state index contributed by atoms with van der Waals surface area (Å²) in [6, 6.07) is 3.13. The van der Waals surface area contributed by atoms with Crippen molar-refractivity contribution >= 4 is 13.3 Å². The van der Waals surface area contributed by atoms with Crippen LogP contribution >= 0.6 is 0 Å². The average molecular weight is 218 g/mol. The van der Waals surface area contributed by atoms with Gasteiger partial charge in [0.1, 0.15) is 7.85 Å². The summed E-state index contributed by atoms with van der Waals surface area (Å²) < 4.78 is 5.66. The van der Waals surface area contributed by atoms with Gasteiger partial charge in [0.15, 0.2) is 17.2 Å². The first-order chi connectivity index (χ1) is 7.68. The van der Waals surface area contributed by atoms with Gasteiger partial charge >= 0.3 is 0 Å². The molecule has 16 heavy (non-hydrogen) atoms. The van der Waals surface area contributed by atoms with Crippen molar-refractivity contribution in [3.05, 3.63) is 12.1 Å². The predicted octanol–water partition coefficient (Wildman–Crippen LogP) is 1.60. The number of aromatic hydroxyl groups is 2. The van der Waals surface area contributed by atoms with Gasteiger partial charge in [0.05, 0.1) is 6.10 Å². The number of rotatable bonds is 2. The van der Waals surface area contributed by atoms with Gasteiger partial charge in [-0.25, -0.2) is 0 Å². The Hall–Kier alpha value is -1.32. The van der Waals surface area contributed by atoms with E-state index in [2.05, 4.69) is 0 Å². The van der Waals surface area contributed by atoms with E-state index in [1.807, 2.05) is 0 Å². The topological polar surface area (TPSA) is 49.7 Å². The zero-order chi connectivity index (χ0) is 11.5. The van der Waals surface area contributed by atoms with Crippen molar-refractivity contribution in [3.8, 4) is 17.2 Å². The molecule has 0 aliphatic heterocycles. The molecule has 2 radical (unpaired) electrons. The molecule has 0 bridgehead atoms. The van der Waals surface area contributed by atoms with Crippen LogP contribution in [-0.2, 0) is 0 Å². The number of hydrogen-bond donors (Lipinski definition) is 2. The summed E-state index contributed by atoms with van der Waals surface area (Å²) in [5, 5.41) is 19.1. The van der Waals surface area contributed by atoms with Gasteiger partial charge in [0.25, 0.3) is 0 Å². The monoisotopic (exact) mass is 218 g/mol. The predicted molar refractivity (Wildman–Crippen MR) is 62.7 cm³/mol. The molecule has 0 saturated heterocycles. The molecule has 1 aliphatic carbocycles. The number of phenols is 2. The van der Waals surface area contributed by atoms with E-state index in [0.29, 0.717) is 5.75 Å². The molecular formula is C12H15BO3. The second-order valence-electron chi connectivity index (χ2n) is 4.23. The fourth-order valence-electron chi connectivity index (χ4n) is 2.03. The largest absolute Gasteiger partial charge is 0.505 e. The van der Waals surface area contributed by atoms with Crippen LogP contribution in [0.5, 0.6) is 17.2 Å². The lowest BCUT2D eigenvalue weighted by atomic mass is 9.94. The van der Waals surface area contributed by atoms with Crippen molar-refractivity contribution < 1.29 is 14.9 Å². The minimum Gasteiger partial charge on any atom is -0.505 e. The maximum absolute atomic E-state index is 9.65. The van der Waals surface area contributed by atoms with Gasteiger partial charge in [-0.05, 0) is 31.7 Å². The SMILES string of the molecule is [B]c1ccc(OC2CCCCC2)c(O)c1O. The average Bonchev–Trinajstić information content (AvgIpc) is 2.31. The highest BCUT2D eigenvalue weighted by molar-refractivity contribution is 6.34. The van der Waals surface area contributed by atoms with E-state index in [1.54, 1.807) is 6.07 Å². The minimum absolute atomic E-state index is 0.141. The van der Waals surface area contributed by atoms with Crippen LogP contribution in [0.15, 0.2) is 12.1 Å². The number of hydrogen-bond acceptors (Lipinski definition) is 3. The molecule has 0 spiro atoms. The van der Waals surface area contributed by atoms with Crippen molar-refractivity contribution in [2.45, 2.75) is 38.2 Å². The van der Waals surface area contributed by atoms with E-state index in [0.717, 1.165) is 25.7 Å². The van der Waals surface area contributed by atoms with Crippen molar-refractivity contribution in [2.75, 3.05) is 0 Å². The first-order valence-electron chi connectivity index (χ1n) is 5.65. The summed E-state index contributed by atoms with van der Waals surface area (Å²) in [4.78, 5) is 0. The van der Waals surface area contributed by atoms with Gasteiger partial charge in [-0.2, -0.15) is 0 Å². The van der Waals surface area contributed by atoms with Gasteiger partial charge in [-0.15, -0.1) is 0 Å². The Bertz CT molecular complexity index is 373. The molecule has 84 valence electrons. The Balaban J connectivity index is 2.11. The second-order valence-corrected chi connectivity index (χ2v) is 4.23. The van der Waals surface area contributed by atoms with Gasteiger partial charge < -0.3 is 14.9 Å². The van der Waals surface area contributed by atoms with Crippen LogP contribution in [0.25, 0.3) is 0 Å². The van der Waals surface area contributed by atoms with Crippen molar-refractivity contribution in [1.82, 2.24) is 0 Å². The second kappa shape index (κ2) is 4.68. The third-order valence-corrected chi connectivity index (χ3v) is 2.99. The van der Waals surface area contributed by atoms with Gasteiger partial charge in [-0.1, -0.05) is 17.9 Å². The lowest BCUT2D eigenvalue weighted by molar-refractivity contribution is 0.149. The molecule has 4 heteroatoms. The standard InChI is InChI=1S/C12H15BO3/c13-9-6-7-10(12(15)11(9)14)16-8-4-2-1-3-5-8/h6-8,14-15H,1-5H2. The summed E-state index contributed by atoms with van der Waals surface area (Å²) in [5.74, 6) is -0.238. The lowest BCUT2D eigenvalue weighted by Crippen LogP contribution is -2.20. The Morgan fingerprint density at radius 1 is 1.06 bits per heavy atom. The zero-order valence-corrected chi connectivity index (χ0v) is 9.15. The van der Waals surface area contributed by atoms with E-state index >= 15 is 0 Å². The van der Waals surface area contributed by atoms with Crippen LogP contribution in [0.2, 0.25) is 0 Å². The van der Waals surface area contributed by atoms with Gasteiger partial charge in [0, 0.05) is 0 Å². The van der Waals surface area contributed by atoms with Gasteiger partial charge in [0.2, 0.25) is 0 Å². The Labute approximate surface area is 96.5 Å². The molecule has 2 rings (SSSR count). The highest BCUT2D eigenvalue weighted by atomic mass is 16.5. The Kier molecular flexibility index (Phi) is 3.27. The Morgan fingerprint density at radius 3 is 2.44 bits per heavy atom. The van der Waals surface area contributed by atoms with E-state index in [4.69, 9.17) is 12.6 Å². The molecule has 3 nitrogen and oxygen atoms in total. The molecule has 0 heterocycles. The van der Waals surface area contributed by atoms with Crippen LogP contribution in [0.1, 0.15) is 32.1 Å². The molecule has 1 aliphatic rings. The van der Waals surface area contributed by atoms with Crippen LogP contribution < -0.4 is 10.2 Å². The van der Waals surface area contributed by atoms with E-state index in [1.165, 1.54) is 12.5 Å². The molecule has 1 fully saturated rings. The smallest absolute Gasteiger partial charge is 0.199 e. The molecular weight excluding hydrogens is 203 g/mol. The highest BCUT2D eigenvalue weighted by Gasteiger charge is 2.18. The number of ether oxygens (including phenoxy) is 1. The summed E-state index contributed by atoms with van der Waals surface area (Å²) in [6.45, 7) is 0. The van der Waals surface area contributed by atoms with Crippen LogP contribution in [-0.4, -0.2) is 24.2 Å². The molecule has 1 aromatic carbocycles. The molecule has 0 unspecified atom stereocenters. The van der Waals surface area contributed by atoms with E-state index in [-0.39, 0.29) is 23.1 Å². The molecule has 0 amide bonds. The van der Waals surface area contributed by atoms with Crippen LogP contribution in [0.3, 0.4) is 0 Å². The first kappa shape index (κ1) is 11.2. The summed E-state index contributed by atoms with van der Waals surface area (Å²) in [6.07, 6.45) is 5.72. The highest BCUT2D eigenvalue weighted by Crippen LogP contribution is 2.35. The van der Waals surface area contributed by atoms with Crippen molar-refractivity contribution in [3.63, 3.8) is 0 Å². The number of phenolic OH excluding ortho intramolecular Hbond substituents is 2. The van der Waals surface area contributed by atoms with E-state index in [9.17, 15) is 10.2 Å².